The van der Waals surface area contributed by atoms with Crippen molar-refractivity contribution in [3.63, 3.8) is 0 Å². The molecule has 148 valence electrons. The maximum atomic E-state index is 14.8. The predicted octanol–water partition coefficient (Wildman–Crippen LogP) is 3.41. The fourth-order valence-electron chi connectivity index (χ4n) is 2.85. The van der Waals surface area contributed by atoms with Crippen LogP contribution in [-0.4, -0.2) is 50.1 Å². The van der Waals surface area contributed by atoms with E-state index in [-0.39, 0.29) is 0 Å². The second-order valence-corrected chi connectivity index (χ2v) is 6.63. The number of nitrogens with zero attached hydrogens (tertiary/aromatic N) is 1. The Labute approximate surface area is 162 Å². The molecular formula is C22H31FN2O2. The number of hydrogen-bond acceptors (Lipinski definition) is 4. The third-order valence-corrected chi connectivity index (χ3v) is 4.31. The SMILES string of the molecule is CC(OCCOCCN)C(F)CN(Cc1ccccc1)Cc1ccccc1. The van der Waals surface area contributed by atoms with Gasteiger partial charge >= 0.3 is 0 Å². The molecule has 0 fully saturated rings. The second-order valence-electron chi connectivity index (χ2n) is 6.63. The summed E-state index contributed by atoms with van der Waals surface area (Å²) >= 11 is 0. The monoisotopic (exact) mass is 374 g/mol. The van der Waals surface area contributed by atoms with E-state index >= 15 is 0 Å². The molecule has 2 N–H and O–H groups in total. The summed E-state index contributed by atoms with van der Waals surface area (Å²) < 4.78 is 25.7. The maximum absolute atomic E-state index is 14.8. The van der Waals surface area contributed by atoms with Crippen molar-refractivity contribution in [3.8, 4) is 0 Å². The van der Waals surface area contributed by atoms with E-state index in [1.807, 2.05) is 36.4 Å². The highest BCUT2D eigenvalue weighted by molar-refractivity contribution is 5.17. The summed E-state index contributed by atoms with van der Waals surface area (Å²) in [7, 11) is 0. The zero-order chi connectivity index (χ0) is 19.3. The molecule has 2 aromatic carbocycles. The summed E-state index contributed by atoms with van der Waals surface area (Å²) in [5.74, 6) is 0. The number of alkyl halides is 1. The minimum absolute atomic E-state index is 0.314. The van der Waals surface area contributed by atoms with Gasteiger partial charge in [-0.15, -0.1) is 0 Å². The molecule has 0 spiro atoms. The molecular weight excluding hydrogens is 343 g/mol. The molecule has 2 unspecified atom stereocenters. The summed E-state index contributed by atoms with van der Waals surface area (Å²) in [6, 6.07) is 20.3. The maximum Gasteiger partial charge on any atom is 0.138 e. The molecule has 0 aliphatic carbocycles. The Bertz CT molecular complexity index is 571. The first-order chi connectivity index (χ1) is 13.2. The van der Waals surface area contributed by atoms with Gasteiger partial charge in [0, 0.05) is 26.2 Å². The van der Waals surface area contributed by atoms with Gasteiger partial charge in [-0.1, -0.05) is 60.7 Å². The van der Waals surface area contributed by atoms with Crippen molar-refractivity contribution in [1.82, 2.24) is 4.90 Å². The van der Waals surface area contributed by atoms with E-state index in [1.165, 1.54) is 11.1 Å². The summed E-state index contributed by atoms with van der Waals surface area (Å²) in [6.07, 6.45) is -1.56. The molecule has 0 amide bonds. The zero-order valence-corrected chi connectivity index (χ0v) is 16.1. The third-order valence-electron chi connectivity index (χ3n) is 4.31. The van der Waals surface area contributed by atoms with Gasteiger partial charge in [0.25, 0.3) is 0 Å². The molecule has 0 aliphatic rings. The van der Waals surface area contributed by atoms with Crippen LogP contribution in [0, 0.1) is 0 Å². The van der Waals surface area contributed by atoms with Crippen molar-refractivity contribution in [1.29, 1.82) is 0 Å². The van der Waals surface area contributed by atoms with Crippen LogP contribution in [0.3, 0.4) is 0 Å². The molecule has 0 bridgehead atoms. The number of benzene rings is 2. The quantitative estimate of drug-likeness (QED) is 0.546. The molecule has 27 heavy (non-hydrogen) atoms. The van der Waals surface area contributed by atoms with Crippen LogP contribution in [0.4, 0.5) is 4.39 Å². The highest BCUT2D eigenvalue weighted by Gasteiger charge is 2.21. The molecule has 0 aromatic heterocycles. The number of nitrogens with two attached hydrogens (primary N) is 1. The number of halogens is 1. The van der Waals surface area contributed by atoms with Gasteiger partial charge in [-0.05, 0) is 18.1 Å². The van der Waals surface area contributed by atoms with Crippen LogP contribution in [0.5, 0.6) is 0 Å². The minimum atomic E-state index is -1.08. The van der Waals surface area contributed by atoms with Crippen LogP contribution < -0.4 is 5.73 Å². The van der Waals surface area contributed by atoms with E-state index in [4.69, 9.17) is 15.2 Å². The van der Waals surface area contributed by atoms with Crippen molar-refractivity contribution in [2.75, 3.05) is 32.9 Å². The van der Waals surface area contributed by atoms with E-state index in [1.54, 1.807) is 6.92 Å². The molecule has 0 saturated heterocycles. The van der Waals surface area contributed by atoms with Crippen LogP contribution >= 0.6 is 0 Å². The highest BCUT2D eigenvalue weighted by Crippen LogP contribution is 2.14. The van der Waals surface area contributed by atoms with Gasteiger partial charge in [-0.3, -0.25) is 4.90 Å². The van der Waals surface area contributed by atoms with Gasteiger partial charge < -0.3 is 15.2 Å². The average molecular weight is 375 g/mol. The molecule has 0 heterocycles. The lowest BCUT2D eigenvalue weighted by atomic mass is 10.1. The van der Waals surface area contributed by atoms with Crippen LogP contribution in [-0.2, 0) is 22.6 Å². The lowest BCUT2D eigenvalue weighted by Crippen LogP contribution is -2.36. The molecule has 2 atom stereocenters. The van der Waals surface area contributed by atoms with Crippen molar-refractivity contribution in [3.05, 3.63) is 71.8 Å². The summed E-state index contributed by atoms with van der Waals surface area (Å²) in [6.45, 7) is 5.27. The van der Waals surface area contributed by atoms with Gasteiger partial charge in [-0.2, -0.15) is 0 Å². The van der Waals surface area contributed by atoms with Gasteiger partial charge in [0.15, 0.2) is 0 Å². The van der Waals surface area contributed by atoms with Crippen LogP contribution in [0.15, 0.2) is 60.7 Å². The number of hydrogen-bond donors (Lipinski definition) is 1. The van der Waals surface area contributed by atoms with E-state index in [9.17, 15) is 4.39 Å². The minimum Gasteiger partial charge on any atom is -0.378 e. The van der Waals surface area contributed by atoms with Gasteiger partial charge in [0.2, 0.25) is 0 Å². The first-order valence-corrected chi connectivity index (χ1v) is 9.52. The van der Waals surface area contributed by atoms with E-state index in [0.29, 0.717) is 46.0 Å². The van der Waals surface area contributed by atoms with E-state index in [0.717, 1.165) is 0 Å². The molecule has 0 aliphatic heterocycles. The van der Waals surface area contributed by atoms with E-state index < -0.39 is 12.3 Å². The fraction of sp³-hybridized carbons (Fsp3) is 0.455. The fourth-order valence-corrected chi connectivity index (χ4v) is 2.85. The van der Waals surface area contributed by atoms with Crippen LogP contribution in [0.1, 0.15) is 18.1 Å². The largest absolute Gasteiger partial charge is 0.378 e. The van der Waals surface area contributed by atoms with Crippen molar-refractivity contribution >= 4 is 0 Å². The number of ether oxygens (including phenoxy) is 2. The summed E-state index contributed by atoms with van der Waals surface area (Å²) in [5.41, 5.74) is 7.71. The van der Waals surface area contributed by atoms with Crippen LogP contribution in [0.25, 0.3) is 0 Å². The Kier molecular flexibility index (Phi) is 10.0. The standard InChI is InChI=1S/C22H31FN2O2/c1-19(27-15-14-26-13-12-24)22(23)18-25(16-20-8-4-2-5-9-20)17-21-10-6-3-7-11-21/h2-11,19,22H,12-18,24H2,1H3. The Morgan fingerprint density at radius 1 is 0.889 bits per heavy atom. The summed E-state index contributed by atoms with van der Waals surface area (Å²) in [5, 5.41) is 0. The zero-order valence-electron chi connectivity index (χ0n) is 16.1. The van der Waals surface area contributed by atoms with E-state index in [2.05, 4.69) is 29.2 Å². The Balaban J connectivity index is 1.89. The van der Waals surface area contributed by atoms with Gasteiger partial charge in [0.1, 0.15) is 6.17 Å². The predicted molar refractivity (Wildman–Crippen MR) is 107 cm³/mol. The highest BCUT2D eigenvalue weighted by atomic mass is 19.1. The first-order valence-electron chi connectivity index (χ1n) is 9.52. The van der Waals surface area contributed by atoms with Crippen LogP contribution in [0.2, 0.25) is 0 Å². The Morgan fingerprint density at radius 2 is 1.44 bits per heavy atom. The molecule has 0 radical (unpaired) electrons. The molecule has 4 nitrogen and oxygen atoms in total. The molecule has 5 heteroatoms. The Morgan fingerprint density at radius 3 is 1.96 bits per heavy atom. The second kappa shape index (κ2) is 12.6. The smallest absolute Gasteiger partial charge is 0.138 e. The van der Waals surface area contributed by atoms with Gasteiger partial charge in [0.05, 0.1) is 25.9 Å². The molecule has 0 saturated carbocycles. The number of rotatable bonds is 13. The first kappa shape index (κ1) is 21.5. The lowest BCUT2D eigenvalue weighted by molar-refractivity contribution is -0.0295. The molecule has 2 rings (SSSR count). The topological polar surface area (TPSA) is 47.7 Å². The average Bonchev–Trinajstić information content (AvgIpc) is 2.69. The van der Waals surface area contributed by atoms with Gasteiger partial charge in [-0.25, -0.2) is 4.39 Å². The normalized spacial score (nSPS) is 13.6. The molecule has 2 aromatic rings. The lowest BCUT2D eigenvalue weighted by Gasteiger charge is -2.27. The van der Waals surface area contributed by atoms with Crippen molar-refractivity contribution < 1.29 is 13.9 Å². The Hall–Kier alpha value is -1.79. The summed E-state index contributed by atoms with van der Waals surface area (Å²) in [4.78, 5) is 2.13. The third kappa shape index (κ3) is 8.63. The van der Waals surface area contributed by atoms with Crippen molar-refractivity contribution in [2.45, 2.75) is 32.3 Å². The van der Waals surface area contributed by atoms with Crippen molar-refractivity contribution in [2.24, 2.45) is 5.73 Å².